The van der Waals surface area contributed by atoms with E-state index in [-0.39, 0.29) is 0 Å². The highest BCUT2D eigenvalue weighted by Crippen LogP contribution is 2.32. The van der Waals surface area contributed by atoms with Crippen LogP contribution in [0, 0.1) is 11.3 Å². The summed E-state index contributed by atoms with van der Waals surface area (Å²) in [7, 11) is 1.91. The van der Waals surface area contributed by atoms with Crippen LogP contribution in [0.15, 0.2) is 42.5 Å². The summed E-state index contributed by atoms with van der Waals surface area (Å²) in [6, 6.07) is 15.3. The lowest BCUT2D eigenvalue weighted by Gasteiger charge is -2.21. The van der Waals surface area contributed by atoms with Gasteiger partial charge in [-0.2, -0.15) is 5.26 Å². The number of nitrogens with zero attached hydrogens (tertiary/aromatic N) is 2. The second kappa shape index (κ2) is 5.98. The molecule has 4 heteroatoms. The van der Waals surface area contributed by atoms with E-state index in [2.05, 4.69) is 6.07 Å². The van der Waals surface area contributed by atoms with Crippen molar-refractivity contribution in [1.82, 2.24) is 0 Å². The fraction of sp³-hybridized carbons (Fsp3) is 0.188. The van der Waals surface area contributed by atoms with Crippen LogP contribution in [0.1, 0.15) is 12.5 Å². The molecule has 0 radical (unpaired) electrons. The van der Waals surface area contributed by atoms with Crippen molar-refractivity contribution in [3.8, 4) is 11.8 Å². The van der Waals surface area contributed by atoms with E-state index in [4.69, 9.17) is 10.5 Å². The first kappa shape index (κ1) is 13.8. The molecule has 0 aliphatic heterocycles. The Morgan fingerprint density at radius 2 is 2.00 bits per heavy atom. The zero-order chi connectivity index (χ0) is 14.5. The molecule has 0 heterocycles. The molecule has 0 spiro atoms. The standard InChI is InChI=1S/C16H17N3O/c1-3-20-16-10-13(8-9-14(16)18)19(2)15-7-5-4-6-12(15)11-17/h4-10H,3,18H2,1-2H3. The molecule has 102 valence electrons. The molecule has 0 aliphatic carbocycles. The van der Waals surface area contributed by atoms with Gasteiger partial charge in [0.25, 0.3) is 0 Å². The lowest BCUT2D eigenvalue weighted by Crippen LogP contribution is -2.11. The maximum Gasteiger partial charge on any atom is 0.144 e. The van der Waals surface area contributed by atoms with Crippen LogP contribution in [-0.2, 0) is 0 Å². The Morgan fingerprint density at radius 3 is 2.70 bits per heavy atom. The monoisotopic (exact) mass is 267 g/mol. The van der Waals surface area contributed by atoms with Crippen LogP contribution in [0.2, 0.25) is 0 Å². The second-order valence-electron chi connectivity index (χ2n) is 4.34. The van der Waals surface area contributed by atoms with Gasteiger partial charge in [0.1, 0.15) is 11.8 Å². The average Bonchev–Trinajstić information content (AvgIpc) is 2.49. The first-order valence-electron chi connectivity index (χ1n) is 6.42. The van der Waals surface area contributed by atoms with E-state index in [0.717, 1.165) is 11.4 Å². The lowest BCUT2D eigenvalue weighted by atomic mass is 10.1. The summed E-state index contributed by atoms with van der Waals surface area (Å²) >= 11 is 0. The average molecular weight is 267 g/mol. The molecule has 2 aromatic rings. The summed E-state index contributed by atoms with van der Waals surface area (Å²) in [5.74, 6) is 0.659. The van der Waals surface area contributed by atoms with E-state index in [1.165, 1.54) is 0 Å². The van der Waals surface area contributed by atoms with Gasteiger partial charge >= 0.3 is 0 Å². The first-order chi connectivity index (χ1) is 9.67. The van der Waals surface area contributed by atoms with Crippen LogP contribution in [-0.4, -0.2) is 13.7 Å². The summed E-state index contributed by atoms with van der Waals surface area (Å²) < 4.78 is 5.50. The molecule has 0 saturated heterocycles. The van der Waals surface area contributed by atoms with Gasteiger partial charge in [0, 0.05) is 18.8 Å². The Bertz CT molecular complexity index is 646. The number of nitrogen functional groups attached to an aromatic ring is 1. The van der Waals surface area contributed by atoms with Crippen LogP contribution in [0.25, 0.3) is 0 Å². The van der Waals surface area contributed by atoms with E-state index >= 15 is 0 Å². The molecule has 0 saturated carbocycles. The predicted octanol–water partition coefficient (Wildman–Crippen LogP) is 3.31. The first-order valence-corrected chi connectivity index (χ1v) is 6.42. The largest absolute Gasteiger partial charge is 0.492 e. The van der Waals surface area contributed by atoms with E-state index in [1.54, 1.807) is 6.07 Å². The SMILES string of the molecule is CCOc1cc(N(C)c2ccccc2C#N)ccc1N. The molecule has 2 N–H and O–H groups in total. The number of hydrogen-bond donors (Lipinski definition) is 1. The third-order valence-electron chi connectivity index (χ3n) is 3.07. The summed E-state index contributed by atoms with van der Waals surface area (Å²) in [5, 5.41) is 9.18. The number of anilines is 3. The van der Waals surface area contributed by atoms with Gasteiger partial charge in [-0.25, -0.2) is 0 Å². The van der Waals surface area contributed by atoms with Crippen LogP contribution in [0.3, 0.4) is 0 Å². The van der Waals surface area contributed by atoms with Gasteiger partial charge in [-0.3, -0.25) is 0 Å². The van der Waals surface area contributed by atoms with Gasteiger partial charge in [-0.05, 0) is 31.2 Å². The van der Waals surface area contributed by atoms with Crippen molar-refractivity contribution in [2.24, 2.45) is 0 Å². The maximum atomic E-state index is 9.18. The molecular formula is C16H17N3O. The maximum absolute atomic E-state index is 9.18. The van der Waals surface area contributed by atoms with Gasteiger partial charge in [0.2, 0.25) is 0 Å². The molecule has 0 unspecified atom stereocenters. The molecule has 0 aliphatic rings. The van der Waals surface area contributed by atoms with E-state index in [1.807, 2.05) is 55.3 Å². The highest BCUT2D eigenvalue weighted by atomic mass is 16.5. The Morgan fingerprint density at radius 1 is 1.25 bits per heavy atom. The smallest absolute Gasteiger partial charge is 0.144 e. The third-order valence-corrected chi connectivity index (χ3v) is 3.07. The van der Waals surface area contributed by atoms with Crippen molar-refractivity contribution < 1.29 is 4.74 Å². The fourth-order valence-corrected chi connectivity index (χ4v) is 2.01. The topological polar surface area (TPSA) is 62.3 Å². The normalized spacial score (nSPS) is 9.85. The number of hydrogen-bond acceptors (Lipinski definition) is 4. The van der Waals surface area contributed by atoms with Gasteiger partial charge in [-0.15, -0.1) is 0 Å². The van der Waals surface area contributed by atoms with E-state index < -0.39 is 0 Å². The van der Waals surface area contributed by atoms with Crippen molar-refractivity contribution in [3.05, 3.63) is 48.0 Å². The molecule has 2 rings (SSSR count). The quantitative estimate of drug-likeness (QED) is 0.863. The number of ether oxygens (including phenoxy) is 1. The van der Waals surface area contributed by atoms with Crippen LogP contribution >= 0.6 is 0 Å². The minimum Gasteiger partial charge on any atom is -0.492 e. The zero-order valence-corrected chi connectivity index (χ0v) is 11.6. The van der Waals surface area contributed by atoms with Gasteiger partial charge < -0.3 is 15.4 Å². The fourth-order valence-electron chi connectivity index (χ4n) is 2.01. The van der Waals surface area contributed by atoms with E-state index in [0.29, 0.717) is 23.6 Å². The van der Waals surface area contributed by atoms with Crippen molar-refractivity contribution in [2.45, 2.75) is 6.92 Å². The molecule has 0 atom stereocenters. The highest BCUT2D eigenvalue weighted by Gasteiger charge is 2.10. The Hall–Kier alpha value is -2.67. The molecular weight excluding hydrogens is 250 g/mol. The minimum atomic E-state index is 0.562. The Kier molecular flexibility index (Phi) is 4.11. The van der Waals surface area contributed by atoms with Crippen LogP contribution in [0.4, 0.5) is 17.1 Å². The van der Waals surface area contributed by atoms with Gasteiger partial charge in [0.15, 0.2) is 0 Å². The molecule has 0 fully saturated rings. The lowest BCUT2D eigenvalue weighted by molar-refractivity contribution is 0.342. The summed E-state index contributed by atoms with van der Waals surface area (Å²) in [5.41, 5.74) is 8.88. The van der Waals surface area contributed by atoms with Crippen molar-refractivity contribution >= 4 is 17.1 Å². The number of rotatable bonds is 4. The summed E-state index contributed by atoms with van der Waals surface area (Å²) in [4.78, 5) is 1.94. The predicted molar refractivity (Wildman–Crippen MR) is 81.2 cm³/mol. The minimum absolute atomic E-state index is 0.562. The van der Waals surface area contributed by atoms with Crippen molar-refractivity contribution in [1.29, 1.82) is 5.26 Å². The molecule has 2 aromatic carbocycles. The number of benzene rings is 2. The zero-order valence-electron chi connectivity index (χ0n) is 11.6. The number of nitrogens with two attached hydrogens (primary N) is 1. The third kappa shape index (κ3) is 2.67. The highest BCUT2D eigenvalue weighted by molar-refractivity contribution is 5.72. The summed E-state index contributed by atoms with van der Waals surface area (Å²) in [6.07, 6.45) is 0. The molecule has 4 nitrogen and oxygen atoms in total. The van der Waals surface area contributed by atoms with Gasteiger partial charge in [0.05, 0.1) is 23.5 Å². The van der Waals surface area contributed by atoms with Crippen LogP contribution in [0.5, 0.6) is 5.75 Å². The molecule has 20 heavy (non-hydrogen) atoms. The molecule has 0 aromatic heterocycles. The molecule has 0 amide bonds. The molecule has 0 bridgehead atoms. The van der Waals surface area contributed by atoms with Gasteiger partial charge in [-0.1, -0.05) is 12.1 Å². The van der Waals surface area contributed by atoms with E-state index in [9.17, 15) is 5.26 Å². The Labute approximate surface area is 119 Å². The number of para-hydroxylation sites is 1. The van der Waals surface area contributed by atoms with Crippen molar-refractivity contribution in [3.63, 3.8) is 0 Å². The van der Waals surface area contributed by atoms with Crippen molar-refractivity contribution in [2.75, 3.05) is 24.3 Å². The van der Waals surface area contributed by atoms with Crippen LogP contribution < -0.4 is 15.4 Å². The Balaban J connectivity index is 2.41. The summed E-state index contributed by atoms with van der Waals surface area (Å²) in [6.45, 7) is 2.48. The number of nitriles is 1. The second-order valence-corrected chi connectivity index (χ2v) is 4.34.